The van der Waals surface area contributed by atoms with E-state index in [-0.39, 0.29) is 12.0 Å². The molecule has 2 N–H and O–H groups in total. The number of aromatic nitrogens is 4. The Morgan fingerprint density at radius 3 is 2.78 bits per heavy atom. The smallest absolute Gasteiger partial charge is 0.312 e. The summed E-state index contributed by atoms with van der Waals surface area (Å²) in [5.41, 5.74) is 1.84. The zero-order chi connectivity index (χ0) is 15.8. The van der Waals surface area contributed by atoms with Crippen LogP contribution in [0, 0.1) is 6.08 Å². The summed E-state index contributed by atoms with van der Waals surface area (Å²) in [6.07, 6.45) is 1.49. The number of phenols is 1. The van der Waals surface area contributed by atoms with E-state index in [9.17, 15) is 9.50 Å². The highest BCUT2D eigenvalue weighted by Gasteiger charge is 2.24. The third-order valence-corrected chi connectivity index (χ3v) is 3.78. The third-order valence-electron chi connectivity index (χ3n) is 3.78. The van der Waals surface area contributed by atoms with Crippen LogP contribution in [0.25, 0.3) is 11.2 Å². The van der Waals surface area contributed by atoms with Gasteiger partial charge in [-0.05, 0) is 17.7 Å². The van der Waals surface area contributed by atoms with Crippen molar-refractivity contribution in [3.05, 3.63) is 42.2 Å². The minimum Gasteiger partial charge on any atom is -0.508 e. The van der Waals surface area contributed by atoms with Crippen molar-refractivity contribution in [2.75, 3.05) is 11.9 Å². The molecule has 1 atom stereocenters. The van der Waals surface area contributed by atoms with Crippen LogP contribution in [0.2, 0.25) is 0 Å². The molecule has 7 nitrogen and oxygen atoms in total. The van der Waals surface area contributed by atoms with Crippen LogP contribution in [0.3, 0.4) is 0 Å². The van der Waals surface area contributed by atoms with Gasteiger partial charge in [-0.15, -0.1) is 0 Å². The average molecular weight is 315 g/mol. The number of nitrogens with zero attached hydrogens (tertiary/aromatic N) is 4. The Labute approximate surface area is 130 Å². The lowest BCUT2D eigenvalue weighted by atomic mass is 10.2. The Bertz CT molecular complexity index is 845. The predicted molar refractivity (Wildman–Crippen MR) is 80.3 cm³/mol. The SMILES string of the molecule is Oc1ccc(CNc2nc(F)nc3c2ncn3C2CCO2)cc1. The minimum atomic E-state index is -0.813. The topological polar surface area (TPSA) is 85.1 Å². The van der Waals surface area contributed by atoms with Crippen LogP contribution in [0.15, 0.2) is 30.6 Å². The van der Waals surface area contributed by atoms with E-state index < -0.39 is 6.08 Å². The Hall–Kier alpha value is -2.74. The number of anilines is 1. The number of ether oxygens (including phenoxy) is 1. The van der Waals surface area contributed by atoms with Gasteiger partial charge in [-0.2, -0.15) is 14.4 Å². The normalized spacial score (nSPS) is 17.2. The number of nitrogens with one attached hydrogen (secondary N) is 1. The van der Waals surface area contributed by atoms with Gasteiger partial charge in [-0.25, -0.2) is 4.98 Å². The van der Waals surface area contributed by atoms with Gasteiger partial charge in [-0.3, -0.25) is 4.57 Å². The minimum absolute atomic E-state index is 0.140. The number of rotatable bonds is 4. The first-order chi connectivity index (χ1) is 11.2. The van der Waals surface area contributed by atoms with E-state index in [1.54, 1.807) is 35.2 Å². The molecule has 8 heteroatoms. The van der Waals surface area contributed by atoms with E-state index >= 15 is 0 Å². The first kappa shape index (κ1) is 13.9. The van der Waals surface area contributed by atoms with Crippen molar-refractivity contribution in [3.8, 4) is 5.75 Å². The van der Waals surface area contributed by atoms with Crippen molar-refractivity contribution >= 4 is 17.0 Å². The van der Waals surface area contributed by atoms with Crippen molar-refractivity contribution in [1.82, 2.24) is 19.5 Å². The molecule has 0 saturated carbocycles. The molecule has 1 fully saturated rings. The molecule has 0 aliphatic carbocycles. The third kappa shape index (κ3) is 2.57. The van der Waals surface area contributed by atoms with Gasteiger partial charge < -0.3 is 15.2 Å². The van der Waals surface area contributed by atoms with Crippen molar-refractivity contribution in [3.63, 3.8) is 0 Å². The van der Waals surface area contributed by atoms with Crippen LogP contribution in [0.1, 0.15) is 18.2 Å². The maximum absolute atomic E-state index is 13.7. The van der Waals surface area contributed by atoms with E-state index in [2.05, 4.69) is 20.3 Å². The Kier molecular flexibility index (Phi) is 3.30. The first-order valence-electron chi connectivity index (χ1n) is 7.24. The van der Waals surface area contributed by atoms with E-state index in [0.717, 1.165) is 12.0 Å². The molecule has 118 valence electrons. The summed E-state index contributed by atoms with van der Waals surface area (Å²) < 4.78 is 20.9. The van der Waals surface area contributed by atoms with E-state index in [0.29, 0.717) is 30.1 Å². The highest BCUT2D eigenvalue weighted by molar-refractivity contribution is 5.82. The molecule has 0 radical (unpaired) electrons. The quantitative estimate of drug-likeness (QED) is 0.718. The van der Waals surface area contributed by atoms with Gasteiger partial charge in [0.15, 0.2) is 17.0 Å². The molecule has 1 aromatic carbocycles. The molecular formula is C15H14FN5O2. The van der Waals surface area contributed by atoms with Crippen LogP contribution in [0.4, 0.5) is 10.2 Å². The Morgan fingerprint density at radius 2 is 2.09 bits per heavy atom. The second-order valence-corrected chi connectivity index (χ2v) is 5.30. The van der Waals surface area contributed by atoms with Crippen LogP contribution in [-0.2, 0) is 11.3 Å². The maximum atomic E-state index is 13.7. The molecular weight excluding hydrogens is 301 g/mol. The van der Waals surface area contributed by atoms with Crippen LogP contribution < -0.4 is 5.32 Å². The molecule has 3 aromatic rings. The van der Waals surface area contributed by atoms with Gasteiger partial charge in [-0.1, -0.05) is 12.1 Å². The van der Waals surface area contributed by atoms with Crippen LogP contribution >= 0.6 is 0 Å². The maximum Gasteiger partial charge on any atom is 0.312 e. The highest BCUT2D eigenvalue weighted by Crippen LogP contribution is 2.28. The van der Waals surface area contributed by atoms with Gasteiger partial charge in [0, 0.05) is 13.0 Å². The molecule has 23 heavy (non-hydrogen) atoms. The monoisotopic (exact) mass is 315 g/mol. The fourth-order valence-electron chi connectivity index (χ4n) is 2.47. The number of benzene rings is 1. The van der Waals surface area contributed by atoms with Crippen molar-refractivity contribution < 1.29 is 14.2 Å². The summed E-state index contributed by atoms with van der Waals surface area (Å²) in [5.74, 6) is 0.530. The van der Waals surface area contributed by atoms with Crippen molar-refractivity contribution in [1.29, 1.82) is 0 Å². The zero-order valence-electron chi connectivity index (χ0n) is 12.1. The number of fused-ring (bicyclic) bond motifs is 1. The first-order valence-corrected chi connectivity index (χ1v) is 7.24. The van der Waals surface area contributed by atoms with Crippen molar-refractivity contribution in [2.24, 2.45) is 0 Å². The molecule has 0 amide bonds. The summed E-state index contributed by atoms with van der Waals surface area (Å²) in [7, 11) is 0. The summed E-state index contributed by atoms with van der Waals surface area (Å²) in [6.45, 7) is 1.11. The molecule has 3 heterocycles. The summed E-state index contributed by atoms with van der Waals surface area (Å²) in [4.78, 5) is 11.9. The van der Waals surface area contributed by atoms with Crippen LogP contribution in [0.5, 0.6) is 5.75 Å². The fourth-order valence-corrected chi connectivity index (χ4v) is 2.47. The van der Waals surface area contributed by atoms with E-state index in [1.807, 2.05) is 0 Å². The molecule has 4 rings (SSSR count). The second-order valence-electron chi connectivity index (χ2n) is 5.30. The van der Waals surface area contributed by atoms with Gasteiger partial charge in [0.1, 0.15) is 12.0 Å². The largest absolute Gasteiger partial charge is 0.508 e. The summed E-state index contributed by atoms with van der Waals surface area (Å²) in [6, 6.07) is 6.74. The van der Waals surface area contributed by atoms with Gasteiger partial charge >= 0.3 is 6.08 Å². The summed E-state index contributed by atoms with van der Waals surface area (Å²) in [5, 5.41) is 12.4. The van der Waals surface area contributed by atoms with E-state index in [1.165, 1.54) is 0 Å². The number of hydrogen-bond donors (Lipinski definition) is 2. The summed E-state index contributed by atoms with van der Waals surface area (Å²) >= 11 is 0. The molecule has 2 aromatic heterocycles. The molecule has 1 unspecified atom stereocenters. The lowest BCUT2D eigenvalue weighted by molar-refractivity contribution is -0.0974. The van der Waals surface area contributed by atoms with Gasteiger partial charge in [0.2, 0.25) is 0 Å². The van der Waals surface area contributed by atoms with Crippen LogP contribution in [-0.4, -0.2) is 31.2 Å². The lowest BCUT2D eigenvalue weighted by Crippen LogP contribution is -2.24. The van der Waals surface area contributed by atoms with Crippen molar-refractivity contribution in [2.45, 2.75) is 19.2 Å². The van der Waals surface area contributed by atoms with Gasteiger partial charge in [0.25, 0.3) is 0 Å². The zero-order valence-corrected chi connectivity index (χ0v) is 12.1. The molecule has 1 aliphatic rings. The second kappa shape index (κ2) is 5.47. The van der Waals surface area contributed by atoms with Gasteiger partial charge in [0.05, 0.1) is 12.9 Å². The number of halogens is 1. The molecule has 0 spiro atoms. The highest BCUT2D eigenvalue weighted by atomic mass is 19.1. The predicted octanol–water partition coefficient (Wildman–Crippen LogP) is 2.20. The van der Waals surface area contributed by atoms with E-state index in [4.69, 9.17) is 4.74 Å². The fraction of sp³-hybridized carbons (Fsp3) is 0.267. The average Bonchev–Trinajstić information content (AvgIpc) is 2.88. The standard InChI is InChI=1S/C15H14FN5O2/c16-15-19-13(17-7-9-1-3-10(22)4-2-9)12-14(20-15)21(8-18-12)11-5-6-23-11/h1-4,8,11,22H,5-7H2,(H,17,19,20). The number of hydrogen-bond acceptors (Lipinski definition) is 6. The molecule has 1 aliphatic heterocycles. The number of imidazole rings is 1. The Balaban J connectivity index is 1.63. The number of phenolic OH excluding ortho intramolecular Hbond substituents is 1. The Morgan fingerprint density at radius 1 is 1.30 bits per heavy atom. The number of aromatic hydroxyl groups is 1. The lowest BCUT2D eigenvalue weighted by Gasteiger charge is -2.27. The molecule has 1 saturated heterocycles. The molecule has 0 bridgehead atoms.